The Bertz CT molecular complexity index is 506. The van der Waals surface area contributed by atoms with Crippen LogP contribution in [0, 0.1) is 0 Å². The smallest absolute Gasteiger partial charge is 0.343 e. The predicted octanol–water partition coefficient (Wildman–Crippen LogP) is 0.524. The molecule has 2 rings (SSSR count). The molecule has 0 amide bonds. The summed E-state index contributed by atoms with van der Waals surface area (Å²) in [5.41, 5.74) is 0.734. The van der Waals surface area contributed by atoms with Crippen LogP contribution in [0.2, 0.25) is 0 Å². The van der Waals surface area contributed by atoms with E-state index in [0.717, 1.165) is 0 Å². The van der Waals surface area contributed by atoms with Crippen molar-refractivity contribution in [1.29, 1.82) is 0 Å². The number of methoxy groups -OCH3 is 2. The molecule has 0 saturated heterocycles. The Morgan fingerprint density at radius 2 is 2.27 bits per heavy atom. The zero-order valence-corrected chi connectivity index (χ0v) is 8.30. The zero-order valence-electron chi connectivity index (χ0n) is 8.30. The van der Waals surface area contributed by atoms with Gasteiger partial charge in [-0.3, -0.25) is 0 Å². The number of rotatable bonds is 2. The van der Waals surface area contributed by atoms with E-state index in [4.69, 9.17) is 4.74 Å². The fourth-order valence-electron chi connectivity index (χ4n) is 1.22. The number of esters is 1. The first-order valence-electron chi connectivity index (χ1n) is 4.23. The maximum atomic E-state index is 11.3. The van der Waals surface area contributed by atoms with Crippen molar-refractivity contribution in [3.8, 4) is 5.88 Å². The highest BCUT2D eigenvalue weighted by molar-refractivity contribution is 5.95. The lowest BCUT2D eigenvalue weighted by Gasteiger charge is -1.99. The van der Waals surface area contributed by atoms with Gasteiger partial charge in [-0.05, 0) is 0 Å². The second kappa shape index (κ2) is 3.56. The lowest BCUT2D eigenvalue weighted by molar-refractivity contribution is 0.0602. The molecule has 0 spiro atoms. The summed E-state index contributed by atoms with van der Waals surface area (Å²) in [7, 11) is 2.82. The molecule has 2 heterocycles. The van der Waals surface area contributed by atoms with E-state index in [1.807, 2.05) is 0 Å². The van der Waals surface area contributed by atoms with Crippen molar-refractivity contribution in [1.82, 2.24) is 14.6 Å². The molecule has 2 aromatic heterocycles. The summed E-state index contributed by atoms with van der Waals surface area (Å²) in [5.74, 6) is -0.0427. The van der Waals surface area contributed by atoms with Gasteiger partial charge in [0.1, 0.15) is 5.56 Å². The second-order valence-electron chi connectivity index (χ2n) is 2.79. The minimum absolute atomic E-state index is 0.316. The molecule has 0 unspecified atom stereocenters. The fourth-order valence-corrected chi connectivity index (χ4v) is 1.22. The largest absolute Gasteiger partial charge is 0.481 e. The van der Waals surface area contributed by atoms with Crippen LogP contribution >= 0.6 is 0 Å². The molecule has 0 aliphatic heterocycles. The van der Waals surface area contributed by atoms with Crippen molar-refractivity contribution in [3.05, 3.63) is 24.0 Å². The fraction of sp³-hybridized carbons (Fsp3) is 0.222. The molecular formula is C9H9N3O3. The molecule has 2 aromatic rings. The van der Waals surface area contributed by atoms with E-state index in [9.17, 15) is 4.79 Å². The van der Waals surface area contributed by atoms with Crippen molar-refractivity contribution in [2.24, 2.45) is 0 Å². The van der Waals surface area contributed by atoms with Gasteiger partial charge in [-0.25, -0.2) is 9.31 Å². The Balaban J connectivity index is 2.61. The van der Waals surface area contributed by atoms with Gasteiger partial charge in [-0.2, -0.15) is 10.1 Å². The summed E-state index contributed by atoms with van der Waals surface area (Å²) >= 11 is 0. The number of hydrogen-bond donors (Lipinski definition) is 0. The Morgan fingerprint density at radius 3 is 2.93 bits per heavy atom. The number of hydrogen-bond acceptors (Lipinski definition) is 5. The number of carbonyl (C=O) groups excluding carboxylic acids is 1. The Morgan fingerprint density at radius 1 is 1.47 bits per heavy atom. The van der Waals surface area contributed by atoms with E-state index in [-0.39, 0.29) is 0 Å². The topological polar surface area (TPSA) is 65.7 Å². The first-order valence-corrected chi connectivity index (χ1v) is 4.23. The van der Waals surface area contributed by atoms with Crippen LogP contribution in [0.4, 0.5) is 0 Å². The first kappa shape index (κ1) is 9.45. The molecule has 15 heavy (non-hydrogen) atoms. The normalized spacial score (nSPS) is 10.3. The molecule has 0 bridgehead atoms. The van der Waals surface area contributed by atoms with Crippen LogP contribution < -0.4 is 4.74 Å². The number of carbonyl (C=O) groups is 1. The Kier molecular flexibility index (Phi) is 2.24. The molecule has 0 aliphatic rings. The number of ether oxygens (including phenoxy) is 2. The van der Waals surface area contributed by atoms with E-state index in [2.05, 4.69) is 14.8 Å². The highest BCUT2D eigenvalue weighted by atomic mass is 16.5. The van der Waals surface area contributed by atoms with Gasteiger partial charge in [0.15, 0.2) is 5.65 Å². The lowest BCUT2D eigenvalue weighted by Crippen LogP contribution is -2.02. The summed E-state index contributed by atoms with van der Waals surface area (Å²) in [6, 6.07) is 1.65. The predicted molar refractivity (Wildman–Crippen MR) is 50.9 cm³/mol. The van der Waals surface area contributed by atoms with Crippen molar-refractivity contribution in [2.45, 2.75) is 0 Å². The van der Waals surface area contributed by atoms with E-state index in [0.29, 0.717) is 17.1 Å². The second-order valence-corrected chi connectivity index (χ2v) is 2.79. The van der Waals surface area contributed by atoms with Crippen LogP contribution in [-0.4, -0.2) is 34.8 Å². The maximum Gasteiger partial charge on any atom is 0.343 e. The maximum absolute atomic E-state index is 11.3. The average Bonchev–Trinajstić information content (AvgIpc) is 2.70. The van der Waals surface area contributed by atoms with Crippen LogP contribution in [0.5, 0.6) is 5.88 Å². The van der Waals surface area contributed by atoms with Gasteiger partial charge in [-0.15, -0.1) is 0 Å². The van der Waals surface area contributed by atoms with Crippen molar-refractivity contribution < 1.29 is 14.3 Å². The molecule has 0 fully saturated rings. The molecule has 0 N–H and O–H groups in total. The average molecular weight is 207 g/mol. The molecule has 0 atom stereocenters. The molecule has 78 valence electrons. The highest BCUT2D eigenvalue weighted by Crippen LogP contribution is 2.13. The third-order valence-corrected chi connectivity index (χ3v) is 1.96. The highest BCUT2D eigenvalue weighted by Gasteiger charge is 2.14. The molecule has 6 nitrogen and oxygen atoms in total. The number of fused-ring (bicyclic) bond motifs is 1. The van der Waals surface area contributed by atoms with E-state index in [1.165, 1.54) is 24.9 Å². The Labute approximate surface area is 85.4 Å². The van der Waals surface area contributed by atoms with Gasteiger partial charge in [0.25, 0.3) is 0 Å². The van der Waals surface area contributed by atoms with Gasteiger partial charge in [0.2, 0.25) is 5.88 Å². The summed E-state index contributed by atoms with van der Waals surface area (Å²) in [5, 5.41) is 3.96. The van der Waals surface area contributed by atoms with E-state index >= 15 is 0 Å². The van der Waals surface area contributed by atoms with Gasteiger partial charge >= 0.3 is 5.97 Å². The molecule has 0 saturated carbocycles. The molecule has 0 radical (unpaired) electrons. The van der Waals surface area contributed by atoms with Crippen LogP contribution in [0.1, 0.15) is 10.4 Å². The number of aromatic nitrogens is 3. The molecule has 0 aromatic carbocycles. The van der Waals surface area contributed by atoms with Gasteiger partial charge in [-0.1, -0.05) is 0 Å². The SMILES string of the molecule is COC(=O)c1cnn2ccc(OC)nc12. The summed E-state index contributed by atoms with van der Waals surface area (Å²) < 4.78 is 11.0. The minimum Gasteiger partial charge on any atom is -0.481 e. The molecule has 6 heteroatoms. The van der Waals surface area contributed by atoms with Crippen molar-refractivity contribution in [3.63, 3.8) is 0 Å². The monoisotopic (exact) mass is 207 g/mol. The summed E-state index contributed by atoms with van der Waals surface area (Å²) in [6.45, 7) is 0. The molecule has 0 aliphatic carbocycles. The van der Waals surface area contributed by atoms with Crippen LogP contribution in [-0.2, 0) is 4.74 Å². The van der Waals surface area contributed by atoms with Gasteiger partial charge in [0, 0.05) is 12.3 Å². The van der Waals surface area contributed by atoms with Crippen LogP contribution in [0.25, 0.3) is 5.65 Å². The van der Waals surface area contributed by atoms with Crippen molar-refractivity contribution in [2.75, 3.05) is 14.2 Å². The third kappa shape index (κ3) is 1.50. The van der Waals surface area contributed by atoms with Crippen LogP contribution in [0.3, 0.4) is 0 Å². The van der Waals surface area contributed by atoms with Gasteiger partial charge in [0.05, 0.1) is 20.4 Å². The minimum atomic E-state index is -0.467. The van der Waals surface area contributed by atoms with Gasteiger partial charge < -0.3 is 9.47 Å². The standard InChI is InChI=1S/C9H9N3O3/c1-14-7-3-4-12-8(11-7)6(5-10-12)9(13)15-2/h3-5H,1-2H3. The van der Waals surface area contributed by atoms with Crippen molar-refractivity contribution >= 4 is 11.6 Å². The van der Waals surface area contributed by atoms with E-state index < -0.39 is 5.97 Å². The zero-order chi connectivity index (χ0) is 10.8. The quantitative estimate of drug-likeness (QED) is 0.672. The third-order valence-electron chi connectivity index (χ3n) is 1.96. The summed E-state index contributed by atoms with van der Waals surface area (Å²) in [6.07, 6.45) is 3.07. The molecular weight excluding hydrogens is 198 g/mol. The Hall–Kier alpha value is -2.11. The lowest BCUT2D eigenvalue weighted by atomic mass is 10.3. The first-order chi connectivity index (χ1) is 7.26. The van der Waals surface area contributed by atoms with Crippen LogP contribution in [0.15, 0.2) is 18.5 Å². The van der Waals surface area contributed by atoms with E-state index in [1.54, 1.807) is 12.3 Å². The summed E-state index contributed by atoms with van der Waals surface area (Å²) in [4.78, 5) is 15.4. The number of nitrogens with zero attached hydrogens (tertiary/aromatic N) is 3.